The Morgan fingerprint density at radius 2 is 1.73 bits per heavy atom. The van der Waals surface area contributed by atoms with Crippen LogP contribution in [0.3, 0.4) is 0 Å². The van der Waals surface area contributed by atoms with Crippen molar-refractivity contribution < 1.29 is 19.1 Å². The fraction of sp³-hybridized carbons (Fsp3) is 0.391. The quantitative estimate of drug-likeness (QED) is 0.627. The van der Waals surface area contributed by atoms with Crippen molar-refractivity contribution in [2.45, 2.75) is 26.3 Å². The summed E-state index contributed by atoms with van der Waals surface area (Å²) in [5.41, 5.74) is 1.66. The van der Waals surface area contributed by atoms with Crippen LogP contribution in [-0.4, -0.2) is 55.7 Å². The van der Waals surface area contributed by atoms with Gasteiger partial charge in [0.2, 0.25) is 12.7 Å². The first-order valence-corrected chi connectivity index (χ1v) is 10.3. The number of fused-ring (bicyclic) bond motifs is 1. The third-order valence-electron chi connectivity index (χ3n) is 5.22. The number of carbonyl (C=O) groups is 2. The summed E-state index contributed by atoms with van der Waals surface area (Å²) in [4.78, 5) is 27.0. The number of hydrogen-bond donors (Lipinski definition) is 2. The maximum absolute atomic E-state index is 12.3. The van der Waals surface area contributed by atoms with Gasteiger partial charge in [-0.1, -0.05) is 44.2 Å². The predicted octanol–water partition coefficient (Wildman–Crippen LogP) is 2.21. The number of nitrogens with zero attached hydrogens (tertiary/aromatic N) is 1. The molecule has 0 radical (unpaired) electrons. The average molecular weight is 412 g/mol. The van der Waals surface area contributed by atoms with Gasteiger partial charge >= 0.3 is 0 Å². The summed E-state index contributed by atoms with van der Waals surface area (Å²) in [5.74, 6) is 0.613. The van der Waals surface area contributed by atoms with Gasteiger partial charge in [0.25, 0.3) is 5.91 Å². The summed E-state index contributed by atoms with van der Waals surface area (Å²) in [5, 5.41) is 5.62. The molecule has 0 fully saturated rings. The minimum Gasteiger partial charge on any atom is -0.454 e. The summed E-state index contributed by atoms with van der Waals surface area (Å²) in [6, 6.07) is 15.4. The lowest BCUT2D eigenvalue weighted by atomic mass is 10.0. The Morgan fingerprint density at radius 3 is 2.47 bits per heavy atom. The van der Waals surface area contributed by atoms with Gasteiger partial charge < -0.3 is 20.1 Å². The van der Waals surface area contributed by atoms with Crippen molar-refractivity contribution >= 4 is 11.8 Å². The number of ether oxygens (including phenoxy) is 2. The Balaban J connectivity index is 1.50. The van der Waals surface area contributed by atoms with Crippen molar-refractivity contribution in [3.8, 4) is 11.5 Å². The maximum Gasteiger partial charge on any atom is 0.251 e. The van der Waals surface area contributed by atoms with E-state index < -0.39 is 0 Å². The normalized spacial score (nSPS) is 13.2. The van der Waals surface area contributed by atoms with E-state index in [1.165, 1.54) is 5.56 Å². The van der Waals surface area contributed by atoms with Gasteiger partial charge in [-0.2, -0.15) is 0 Å². The zero-order valence-electron chi connectivity index (χ0n) is 17.5. The van der Waals surface area contributed by atoms with Crippen LogP contribution in [-0.2, 0) is 11.2 Å². The molecule has 2 aromatic rings. The number of likely N-dealkylation sites (N-methyl/N-ethyl adjacent to an activating group) is 1. The molecule has 30 heavy (non-hydrogen) atoms. The molecule has 0 saturated heterocycles. The van der Waals surface area contributed by atoms with Gasteiger partial charge in [0, 0.05) is 18.2 Å². The molecule has 0 aromatic heterocycles. The summed E-state index contributed by atoms with van der Waals surface area (Å²) in [6.07, 6.45) is 0.854. The summed E-state index contributed by atoms with van der Waals surface area (Å²) < 4.78 is 10.5. The van der Waals surface area contributed by atoms with Crippen LogP contribution in [0.15, 0.2) is 48.5 Å². The molecule has 0 aliphatic carbocycles. The molecule has 0 spiro atoms. The molecule has 2 N–H and O–H groups in total. The van der Waals surface area contributed by atoms with Crippen LogP contribution in [0.25, 0.3) is 0 Å². The predicted molar refractivity (Wildman–Crippen MR) is 115 cm³/mol. The van der Waals surface area contributed by atoms with E-state index in [9.17, 15) is 9.59 Å². The minimum absolute atomic E-state index is 0.0798. The zero-order valence-corrected chi connectivity index (χ0v) is 17.5. The van der Waals surface area contributed by atoms with E-state index in [1.807, 2.05) is 18.2 Å². The van der Waals surface area contributed by atoms with E-state index >= 15 is 0 Å². The zero-order chi connectivity index (χ0) is 21.3. The van der Waals surface area contributed by atoms with Crippen LogP contribution in [0.2, 0.25) is 0 Å². The highest BCUT2D eigenvalue weighted by Crippen LogP contribution is 2.32. The van der Waals surface area contributed by atoms with Gasteiger partial charge in [-0.05, 0) is 43.3 Å². The van der Waals surface area contributed by atoms with Crippen LogP contribution in [0, 0.1) is 0 Å². The lowest BCUT2D eigenvalue weighted by Gasteiger charge is -2.30. The van der Waals surface area contributed by atoms with Crippen molar-refractivity contribution in [1.29, 1.82) is 0 Å². The van der Waals surface area contributed by atoms with E-state index in [-0.39, 0.29) is 31.2 Å². The second-order valence-corrected chi connectivity index (χ2v) is 7.12. The van der Waals surface area contributed by atoms with Gasteiger partial charge in [-0.15, -0.1) is 0 Å². The minimum atomic E-state index is -0.326. The first-order chi connectivity index (χ1) is 14.6. The average Bonchev–Trinajstić information content (AvgIpc) is 3.25. The molecule has 0 saturated carbocycles. The van der Waals surface area contributed by atoms with E-state index in [2.05, 4.69) is 41.5 Å². The van der Waals surface area contributed by atoms with Crippen molar-refractivity contribution in [1.82, 2.24) is 15.5 Å². The fourth-order valence-electron chi connectivity index (χ4n) is 3.55. The number of rotatable bonds is 10. The van der Waals surface area contributed by atoms with Gasteiger partial charge in [-0.3, -0.25) is 14.5 Å². The number of amides is 2. The summed E-state index contributed by atoms with van der Waals surface area (Å²) >= 11 is 0. The SMILES string of the molecule is CCN(CC)[C@@H](CNC(=O)CNC(=O)c1ccc2c(c1)OCO2)Cc1ccccc1. The maximum atomic E-state index is 12.3. The molecule has 1 aliphatic heterocycles. The Morgan fingerprint density at radius 1 is 1.00 bits per heavy atom. The van der Waals surface area contributed by atoms with Crippen LogP contribution in [0.1, 0.15) is 29.8 Å². The molecule has 1 heterocycles. The highest BCUT2D eigenvalue weighted by molar-refractivity contribution is 5.97. The third kappa shape index (κ3) is 5.73. The molecule has 0 unspecified atom stereocenters. The summed E-state index contributed by atoms with van der Waals surface area (Å²) in [7, 11) is 0. The molecule has 7 nitrogen and oxygen atoms in total. The van der Waals surface area contributed by atoms with Crippen LogP contribution >= 0.6 is 0 Å². The molecule has 1 aliphatic rings. The first-order valence-electron chi connectivity index (χ1n) is 10.3. The molecule has 1 atom stereocenters. The monoisotopic (exact) mass is 411 g/mol. The molecule has 160 valence electrons. The van der Waals surface area contributed by atoms with Crippen molar-refractivity contribution in [2.75, 3.05) is 33.0 Å². The topological polar surface area (TPSA) is 79.9 Å². The van der Waals surface area contributed by atoms with Crippen molar-refractivity contribution in [2.24, 2.45) is 0 Å². The smallest absolute Gasteiger partial charge is 0.251 e. The lowest BCUT2D eigenvalue weighted by Crippen LogP contribution is -2.47. The third-order valence-corrected chi connectivity index (χ3v) is 5.22. The van der Waals surface area contributed by atoms with E-state index in [0.717, 1.165) is 19.5 Å². The standard InChI is InChI=1S/C23H29N3O4/c1-3-26(4-2)19(12-17-8-6-5-7-9-17)14-24-22(27)15-25-23(28)18-10-11-20-21(13-18)30-16-29-20/h5-11,13,19H,3-4,12,14-16H2,1-2H3,(H,24,27)(H,25,28)/t19-/m1/s1. The second-order valence-electron chi connectivity index (χ2n) is 7.12. The fourth-order valence-corrected chi connectivity index (χ4v) is 3.55. The Labute approximate surface area is 177 Å². The highest BCUT2D eigenvalue weighted by Gasteiger charge is 2.19. The van der Waals surface area contributed by atoms with Gasteiger partial charge in [0.1, 0.15) is 0 Å². The Hall–Kier alpha value is -3.06. The molecular weight excluding hydrogens is 382 g/mol. The van der Waals surface area contributed by atoms with Gasteiger partial charge in [0.15, 0.2) is 11.5 Å². The van der Waals surface area contributed by atoms with Crippen LogP contribution < -0.4 is 20.1 Å². The number of nitrogens with one attached hydrogen (secondary N) is 2. The Bertz CT molecular complexity index is 853. The molecular formula is C23H29N3O4. The Kier molecular flexibility index (Phi) is 7.68. The number of benzene rings is 2. The van der Waals surface area contributed by atoms with Crippen molar-refractivity contribution in [3.63, 3.8) is 0 Å². The van der Waals surface area contributed by atoms with Gasteiger partial charge in [0.05, 0.1) is 6.54 Å². The molecule has 3 rings (SSSR count). The van der Waals surface area contributed by atoms with E-state index in [4.69, 9.17) is 9.47 Å². The molecule has 7 heteroatoms. The molecule has 2 amide bonds. The summed E-state index contributed by atoms with van der Waals surface area (Å²) in [6.45, 7) is 6.65. The first kappa shape index (κ1) is 21.6. The second kappa shape index (κ2) is 10.6. The van der Waals surface area contributed by atoms with E-state index in [1.54, 1.807) is 18.2 Å². The van der Waals surface area contributed by atoms with Crippen LogP contribution in [0.5, 0.6) is 11.5 Å². The van der Waals surface area contributed by atoms with Crippen molar-refractivity contribution in [3.05, 3.63) is 59.7 Å². The van der Waals surface area contributed by atoms with E-state index in [0.29, 0.717) is 23.6 Å². The van der Waals surface area contributed by atoms with Crippen LogP contribution in [0.4, 0.5) is 0 Å². The molecule has 0 bridgehead atoms. The highest BCUT2D eigenvalue weighted by atomic mass is 16.7. The number of hydrogen-bond acceptors (Lipinski definition) is 5. The largest absolute Gasteiger partial charge is 0.454 e. The van der Waals surface area contributed by atoms with Gasteiger partial charge in [-0.25, -0.2) is 0 Å². The molecule has 2 aromatic carbocycles. The lowest BCUT2D eigenvalue weighted by molar-refractivity contribution is -0.120. The number of carbonyl (C=O) groups excluding carboxylic acids is 2.